The third kappa shape index (κ3) is 7.15. The molecule has 0 N–H and O–H groups in total. The van der Waals surface area contributed by atoms with Crippen LogP contribution in [-0.4, -0.2) is 5.78 Å². The second-order valence-electron chi connectivity index (χ2n) is 5.52. The molecule has 106 valence electrons. The molecule has 1 rings (SSSR count). The molecule has 0 aliphatic rings. The predicted octanol–water partition coefficient (Wildman–Crippen LogP) is 5.18. The summed E-state index contributed by atoms with van der Waals surface area (Å²) in [6.45, 7) is 4.40. The van der Waals surface area contributed by atoms with Gasteiger partial charge in [0.15, 0.2) is 0 Å². The highest BCUT2D eigenvalue weighted by atomic mass is 16.1. The molecule has 0 saturated heterocycles. The van der Waals surface area contributed by atoms with Gasteiger partial charge in [-0.15, -0.1) is 0 Å². The van der Waals surface area contributed by atoms with Crippen LogP contribution in [0.4, 0.5) is 0 Å². The summed E-state index contributed by atoms with van der Waals surface area (Å²) in [7, 11) is 0. The number of ketones is 1. The van der Waals surface area contributed by atoms with Crippen molar-refractivity contribution in [2.75, 3.05) is 0 Å². The van der Waals surface area contributed by atoms with Crippen LogP contribution >= 0.6 is 0 Å². The van der Waals surface area contributed by atoms with Gasteiger partial charge >= 0.3 is 0 Å². The van der Waals surface area contributed by atoms with Gasteiger partial charge < -0.3 is 0 Å². The van der Waals surface area contributed by atoms with Crippen LogP contribution in [0.1, 0.15) is 64.4 Å². The minimum Gasteiger partial charge on any atom is -0.300 e. The summed E-state index contributed by atoms with van der Waals surface area (Å²) in [6, 6.07) is 10.5. The summed E-state index contributed by atoms with van der Waals surface area (Å²) in [6.07, 6.45) is 8.46. The summed E-state index contributed by atoms with van der Waals surface area (Å²) in [5.41, 5.74) is 1.35. The van der Waals surface area contributed by atoms with Gasteiger partial charge in [-0.2, -0.15) is 0 Å². The minimum absolute atomic E-state index is 0.457. The van der Waals surface area contributed by atoms with E-state index in [0.29, 0.717) is 11.7 Å². The molecule has 1 aromatic carbocycles. The first-order chi connectivity index (χ1) is 9.26. The van der Waals surface area contributed by atoms with Crippen LogP contribution in [0.3, 0.4) is 0 Å². The Balaban J connectivity index is 2.29. The second-order valence-corrected chi connectivity index (χ2v) is 5.52. The Bertz CT molecular complexity index is 342. The van der Waals surface area contributed by atoms with Gasteiger partial charge in [-0.3, -0.25) is 4.79 Å². The molecule has 0 aliphatic heterocycles. The fourth-order valence-electron chi connectivity index (χ4n) is 2.48. The highest BCUT2D eigenvalue weighted by Gasteiger charge is 2.12. The van der Waals surface area contributed by atoms with Gasteiger partial charge in [0.25, 0.3) is 0 Å². The molecule has 0 spiro atoms. The van der Waals surface area contributed by atoms with Crippen LogP contribution in [0.5, 0.6) is 0 Å². The summed E-state index contributed by atoms with van der Waals surface area (Å²) in [5, 5.41) is 0. The van der Waals surface area contributed by atoms with E-state index in [1.807, 2.05) is 6.07 Å². The van der Waals surface area contributed by atoms with E-state index in [2.05, 4.69) is 38.1 Å². The van der Waals surface area contributed by atoms with Crippen molar-refractivity contribution in [1.29, 1.82) is 0 Å². The lowest BCUT2D eigenvalue weighted by atomic mass is 9.91. The van der Waals surface area contributed by atoms with Crippen LogP contribution < -0.4 is 0 Å². The Kier molecular flexibility index (Phi) is 8.20. The number of unbranched alkanes of at least 4 members (excludes halogenated alkanes) is 3. The molecule has 1 nitrogen and oxygen atoms in total. The molecule has 0 aromatic heterocycles. The van der Waals surface area contributed by atoms with Crippen molar-refractivity contribution in [2.45, 2.75) is 65.2 Å². The normalized spacial score (nSPS) is 12.3. The molecule has 0 heterocycles. The van der Waals surface area contributed by atoms with Crippen molar-refractivity contribution in [3.05, 3.63) is 35.9 Å². The van der Waals surface area contributed by atoms with Crippen LogP contribution in [0.25, 0.3) is 0 Å². The SMILES string of the molecule is CCCCCCC(=O)CC(CC)Cc1ccccc1. The maximum Gasteiger partial charge on any atom is 0.133 e. The molecule has 0 fully saturated rings. The van der Waals surface area contributed by atoms with Crippen LogP contribution in [0, 0.1) is 5.92 Å². The monoisotopic (exact) mass is 260 g/mol. The smallest absolute Gasteiger partial charge is 0.133 e. The molecule has 1 atom stereocenters. The third-order valence-electron chi connectivity index (χ3n) is 3.77. The van der Waals surface area contributed by atoms with E-state index in [9.17, 15) is 4.79 Å². The van der Waals surface area contributed by atoms with Gasteiger partial charge in [-0.1, -0.05) is 69.9 Å². The zero-order valence-corrected chi connectivity index (χ0v) is 12.5. The third-order valence-corrected chi connectivity index (χ3v) is 3.77. The van der Waals surface area contributed by atoms with Crippen molar-refractivity contribution in [3.8, 4) is 0 Å². The number of rotatable bonds is 10. The highest BCUT2D eigenvalue weighted by molar-refractivity contribution is 5.78. The standard InChI is InChI=1S/C18H28O/c1-3-5-6-10-13-18(19)15-16(4-2)14-17-11-8-7-9-12-17/h7-9,11-12,16H,3-6,10,13-15H2,1-2H3. The molecular formula is C18H28O. The lowest BCUT2D eigenvalue weighted by molar-refractivity contribution is -0.120. The number of carbonyl (C=O) groups is 1. The van der Waals surface area contributed by atoms with Gasteiger partial charge in [-0.05, 0) is 24.3 Å². The number of hydrogen-bond acceptors (Lipinski definition) is 1. The zero-order chi connectivity index (χ0) is 13.9. The topological polar surface area (TPSA) is 17.1 Å². The largest absolute Gasteiger partial charge is 0.300 e. The summed E-state index contributed by atoms with van der Waals surface area (Å²) in [4.78, 5) is 12.0. The number of carbonyl (C=O) groups excluding carboxylic acids is 1. The number of benzene rings is 1. The first kappa shape index (κ1) is 15.9. The van der Waals surface area contributed by atoms with Gasteiger partial charge in [0, 0.05) is 12.8 Å². The van der Waals surface area contributed by atoms with E-state index in [1.54, 1.807) is 0 Å². The first-order valence-corrected chi connectivity index (χ1v) is 7.81. The summed E-state index contributed by atoms with van der Waals surface area (Å²) >= 11 is 0. The van der Waals surface area contributed by atoms with Crippen molar-refractivity contribution < 1.29 is 4.79 Å². The predicted molar refractivity (Wildman–Crippen MR) is 82.3 cm³/mol. The Morgan fingerprint density at radius 3 is 2.42 bits per heavy atom. The molecule has 1 unspecified atom stereocenters. The van der Waals surface area contributed by atoms with Crippen LogP contribution in [0.2, 0.25) is 0 Å². The second kappa shape index (κ2) is 9.77. The molecule has 1 aromatic rings. The number of Topliss-reactive ketones (excluding diaryl/α,β-unsaturated/α-hetero) is 1. The molecule has 0 saturated carbocycles. The van der Waals surface area contributed by atoms with E-state index in [0.717, 1.165) is 32.1 Å². The van der Waals surface area contributed by atoms with E-state index in [1.165, 1.54) is 24.8 Å². The van der Waals surface area contributed by atoms with Gasteiger partial charge in [0.05, 0.1) is 0 Å². The quantitative estimate of drug-likeness (QED) is 0.529. The maximum atomic E-state index is 12.0. The molecule has 19 heavy (non-hydrogen) atoms. The minimum atomic E-state index is 0.457. The van der Waals surface area contributed by atoms with Crippen molar-refractivity contribution >= 4 is 5.78 Å². The van der Waals surface area contributed by atoms with E-state index < -0.39 is 0 Å². The molecular weight excluding hydrogens is 232 g/mol. The van der Waals surface area contributed by atoms with Gasteiger partial charge in [0.1, 0.15) is 5.78 Å². The molecule has 0 amide bonds. The zero-order valence-electron chi connectivity index (χ0n) is 12.5. The molecule has 0 radical (unpaired) electrons. The van der Waals surface area contributed by atoms with Crippen LogP contribution in [0.15, 0.2) is 30.3 Å². The fourth-order valence-corrected chi connectivity index (χ4v) is 2.48. The summed E-state index contributed by atoms with van der Waals surface area (Å²) < 4.78 is 0. The van der Waals surface area contributed by atoms with E-state index in [-0.39, 0.29) is 0 Å². The van der Waals surface area contributed by atoms with Crippen molar-refractivity contribution in [2.24, 2.45) is 5.92 Å². The fraction of sp³-hybridized carbons (Fsp3) is 0.611. The Labute approximate surface area is 118 Å². The lowest BCUT2D eigenvalue weighted by Crippen LogP contribution is -2.10. The lowest BCUT2D eigenvalue weighted by Gasteiger charge is -2.14. The Morgan fingerprint density at radius 1 is 1.05 bits per heavy atom. The molecule has 0 bridgehead atoms. The molecule has 0 aliphatic carbocycles. The van der Waals surface area contributed by atoms with Gasteiger partial charge in [0.2, 0.25) is 0 Å². The highest BCUT2D eigenvalue weighted by Crippen LogP contribution is 2.18. The van der Waals surface area contributed by atoms with Gasteiger partial charge in [-0.25, -0.2) is 0 Å². The maximum absolute atomic E-state index is 12.0. The average Bonchev–Trinajstić information content (AvgIpc) is 2.44. The van der Waals surface area contributed by atoms with Crippen molar-refractivity contribution in [3.63, 3.8) is 0 Å². The van der Waals surface area contributed by atoms with E-state index >= 15 is 0 Å². The Morgan fingerprint density at radius 2 is 1.79 bits per heavy atom. The average molecular weight is 260 g/mol. The van der Waals surface area contributed by atoms with E-state index in [4.69, 9.17) is 0 Å². The van der Waals surface area contributed by atoms with Crippen LogP contribution in [-0.2, 0) is 11.2 Å². The summed E-state index contributed by atoms with van der Waals surface area (Å²) in [5.74, 6) is 0.972. The number of hydrogen-bond donors (Lipinski definition) is 0. The van der Waals surface area contributed by atoms with Crippen molar-refractivity contribution in [1.82, 2.24) is 0 Å². The molecule has 1 heteroatoms. The first-order valence-electron chi connectivity index (χ1n) is 7.81. The Hall–Kier alpha value is -1.11.